The number of halogens is 1. The maximum absolute atomic E-state index is 6.18. The lowest BCUT2D eigenvalue weighted by Gasteiger charge is -2.31. The lowest BCUT2D eigenvalue weighted by atomic mass is 10.0. The molecule has 1 fully saturated rings. The zero-order valence-corrected chi connectivity index (χ0v) is 18.2. The molecule has 0 spiro atoms. The average molecular weight is 461 g/mol. The van der Waals surface area contributed by atoms with Crippen molar-refractivity contribution in [2.45, 2.75) is 33.1 Å². The summed E-state index contributed by atoms with van der Waals surface area (Å²) in [5.41, 5.74) is 7.40. The molecule has 2 unspecified atom stereocenters. The standard InChI is InChI=1S/C19H31N3O2.HI/c1-14-6-5-9-22(13-14)19(20)21-12-15(2)10-16-7-8-17(23-3)18(11-16)24-4;/h7-8,11,14-15H,5-6,9-10,12-13H2,1-4H3,(H2,20,21);1H. The molecule has 0 aliphatic carbocycles. The van der Waals surface area contributed by atoms with E-state index in [1.54, 1.807) is 14.2 Å². The third-order valence-electron chi connectivity index (χ3n) is 4.58. The molecule has 0 aromatic heterocycles. The third kappa shape index (κ3) is 6.56. The first-order valence-electron chi connectivity index (χ1n) is 8.79. The molecule has 2 rings (SSSR count). The van der Waals surface area contributed by atoms with Crippen molar-refractivity contribution in [3.8, 4) is 11.5 Å². The molecule has 1 saturated heterocycles. The highest BCUT2D eigenvalue weighted by Gasteiger charge is 2.17. The molecule has 25 heavy (non-hydrogen) atoms. The van der Waals surface area contributed by atoms with Crippen LogP contribution in [-0.2, 0) is 6.42 Å². The zero-order chi connectivity index (χ0) is 17.5. The van der Waals surface area contributed by atoms with E-state index in [9.17, 15) is 0 Å². The fourth-order valence-electron chi connectivity index (χ4n) is 3.22. The van der Waals surface area contributed by atoms with Crippen molar-refractivity contribution in [2.75, 3.05) is 33.9 Å². The minimum absolute atomic E-state index is 0. The van der Waals surface area contributed by atoms with E-state index >= 15 is 0 Å². The van der Waals surface area contributed by atoms with Crippen LogP contribution in [0.15, 0.2) is 23.2 Å². The number of methoxy groups -OCH3 is 2. The minimum atomic E-state index is 0. The zero-order valence-electron chi connectivity index (χ0n) is 15.8. The van der Waals surface area contributed by atoms with Gasteiger partial charge in [-0.1, -0.05) is 19.9 Å². The van der Waals surface area contributed by atoms with Gasteiger partial charge in [-0.2, -0.15) is 0 Å². The van der Waals surface area contributed by atoms with Crippen LogP contribution in [0.1, 0.15) is 32.3 Å². The van der Waals surface area contributed by atoms with E-state index in [1.165, 1.54) is 18.4 Å². The fourth-order valence-corrected chi connectivity index (χ4v) is 3.22. The molecule has 6 heteroatoms. The van der Waals surface area contributed by atoms with E-state index in [0.717, 1.165) is 37.6 Å². The molecule has 2 N–H and O–H groups in total. The lowest BCUT2D eigenvalue weighted by molar-refractivity contribution is 0.270. The summed E-state index contributed by atoms with van der Waals surface area (Å²) in [6.07, 6.45) is 3.44. The molecular formula is C19H32IN3O2. The molecule has 1 aromatic carbocycles. The smallest absolute Gasteiger partial charge is 0.191 e. The van der Waals surface area contributed by atoms with Gasteiger partial charge in [0.2, 0.25) is 0 Å². The molecule has 1 heterocycles. The number of benzene rings is 1. The number of likely N-dealkylation sites (tertiary alicyclic amines) is 1. The molecule has 142 valence electrons. The normalized spacial score (nSPS) is 19.1. The van der Waals surface area contributed by atoms with Crippen LogP contribution in [0.4, 0.5) is 0 Å². The van der Waals surface area contributed by atoms with Gasteiger partial charge in [0.1, 0.15) is 0 Å². The fraction of sp³-hybridized carbons (Fsp3) is 0.632. The quantitative estimate of drug-likeness (QED) is 0.400. The highest BCUT2D eigenvalue weighted by Crippen LogP contribution is 2.28. The summed E-state index contributed by atoms with van der Waals surface area (Å²) in [5.74, 6) is 3.35. The lowest BCUT2D eigenvalue weighted by Crippen LogP contribution is -2.43. The van der Waals surface area contributed by atoms with E-state index in [1.807, 2.05) is 12.1 Å². The van der Waals surface area contributed by atoms with Crippen molar-refractivity contribution in [3.63, 3.8) is 0 Å². The number of piperidine rings is 1. The third-order valence-corrected chi connectivity index (χ3v) is 4.58. The van der Waals surface area contributed by atoms with Crippen LogP contribution in [0, 0.1) is 11.8 Å². The summed E-state index contributed by atoms with van der Waals surface area (Å²) in [5, 5.41) is 0. The van der Waals surface area contributed by atoms with Gasteiger partial charge in [0.25, 0.3) is 0 Å². The molecule has 0 radical (unpaired) electrons. The second-order valence-corrected chi connectivity index (χ2v) is 6.89. The highest BCUT2D eigenvalue weighted by molar-refractivity contribution is 14.0. The maximum atomic E-state index is 6.18. The van der Waals surface area contributed by atoms with Crippen molar-refractivity contribution in [1.29, 1.82) is 0 Å². The summed E-state index contributed by atoms with van der Waals surface area (Å²) in [4.78, 5) is 6.84. The van der Waals surface area contributed by atoms with Gasteiger partial charge in [0.15, 0.2) is 17.5 Å². The van der Waals surface area contributed by atoms with E-state index in [0.29, 0.717) is 17.8 Å². The Labute approximate surface area is 169 Å². The second-order valence-electron chi connectivity index (χ2n) is 6.89. The van der Waals surface area contributed by atoms with Crippen molar-refractivity contribution in [2.24, 2.45) is 22.6 Å². The Bertz CT molecular complexity index is 566. The Kier molecular flexibility index (Phi) is 9.38. The molecule has 5 nitrogen and oxygen atoms in total. The average Bonchev–Trinajstić information content (AvgIpc) is 2.59. The van der Waals surface area contributed by atoms with Gasteiger partial charge in [-0.3, -0.25) is 4.99 Å². The summed E-state index contributed by atoms with van der Waals surface area (Å²) < 4.78 is 10.6. The number of guanidine groups is 1. The SMILES string of the molecule is COc1ccc(CC(C)CN=C(N)N2CCCC(C)C2)cc1OC.I. The second kappa shape index (κ2) is 10.7. The Hall–Kier alpha value is -1.18. The first kappa shape index (κ1) is 21.9. The van der Waals surface area contributed by atoms with Gasteiger partial charge >= 0.3 is 0 Å². The number of hydrogen-bond donors (Lipinski definition) is 1. The molecule has 0 saturated carbocycles. The van der Waals surface area contributed by atoms with Gasteiger partial charge in [0.05, 0.1) is 14.2 Å². The molecule has 1 aromatic rings. The molecule has 0 bridgehead atoms. The Balaban J connectivity index is 0.00000312. The molecule has 1 aliphatic rings. The molecular weight excluding hydrogens is 429 g/mol. The van der Waals surface area contributed by atoms with Gasteiger partial charge in [-0.25, -0.2) is 0 Å². The molecule has 1 aliphatic heterocycles. The van der Waals surface area contributed by atoms with Gasteiger partial charge in [-0.15, -0.1) is 24.0 Å². The van der Waals surface area contributed by atoms with Crippen molar-refractivity contribution >= 4 is 29.9 Å². The van der Waals surface area contributed by atoms with Gasteiger partial charge in [-0.05, 0) is 48.8 Å². The topological polar surface area (TPSA) is 60.1 Å². The predicted octanol–water partition coefficient (Wildman–Crippen LogP) is 3.55. The predicted molar refractivity (Wildman–Crippen MR) is 114 cm³/mol. The number of ether oxygens (including phenoxy) is 2. The number of rotatable bonds is 6. The van der Waals surface area contributed by atoms with E-state index in [-0.39, 0.29) is 24.0 Å². The van der Waals surface area contributed by atoms with E-state index in [4.69, 9.17) is 15.2 Å². The van der Waals surface area contributed by atoms with Crippen molar-refractivity contribution < 1.29 is 9.47 Å². The van der Waals surface area contributed by atoms with Gasteiger partial charge in [0, 0.05) is 19.6 Å². The number of aliphatic imine (C=N–C) groups is 1. The number of nitrogens with two attached hydrogens (primary N) is 1. The summed E-state index contributed by atoms with van der Waals surface area (Å²) in [6.45, 7) is 7.28. The van der Waals surface area contributed by atoms with Crippen LogP contribution in [0.25, 0.3) is 0 Å². The molecule has 2 atom stereocenters. The van der Waals surface area contributed by atoms with E-state index < -0.39 is 0 Å². The van der Waals surface area contributed by atoms with E-state index in [2.05, 4.69) is 29.8 Å². The Morgan fingerprint density at radius 3 is 2.68 bits per heavy atom. The van der Waals surface area contributed by atoms with Crippen LogP contribution in [0.2, 0.25) is 0 Å². The summed E-state index contributed by atoms with van der Waals surface area (Å²) in [6, 6.07) is 6.07. The van der Waals surface area contributed by atoms with Crippen LogP contribution < -0.4 is 15.2 Å². The first-order chi connectivity index (χ1) is 11.5. The largest absolute Gasteiger partial charge is 0.493 e. The van der Waals surface area contributed by atoms with Gasteiger partial charge < -0.3 is 20.1 Å². The summed E-state index contributed by atoms with van der Waals surface area (Å²) >= 11 is 0. The maximum Gasteiger partial charge on any atom is 0.191 e. The first-order valence-corrected chi connectivity index (χ1v) is 8.79. The number of hydrogen-bond acceptors (Lipinski definition) is 3. The van der Waals surface area contributed by atoms with Crippen LogP contribution in [0.3, 0.4) is 0 Å². The van der Waals surface area contributed by atoms with Crippen molar-refractivity contribution in [1.82, 2.24) is 4.90 Å². The van der Waals surface area contributed by atoms with Crippen LogP contribution >= 0.6 is 24.0 Å². The van der Waals surface area contributed by atoms with Crippen LogP contribution in [0.5, 0.6) is 11.5 Å². The van der Waals surface area contributed by atoms with Crippen molar-refractivity contribution in [3.05, 3.63) is 23.8 Å². The minimum Gasteiger partial charge on any atom is -0.493 e. The Morgan fingerprint density at radius 1 is 1.32 bits per heavy atom. The highest BCUT2D eigenvalue weighted by atomic mass is 127. The molecule has 0 amide bonds. The van der Waals surface area contributed by atoms with Crippen LogP contribution in [-0.4, -0.2) is 44.7 Å². The Morgan fingerprint density at radius 2 is 2.04 bits per heavy atom. The number of nitrogens with zero attached hydrogens (tertiary/aromatic N) is 2. The monoisotopic (exact) mass is 461 g/mol. The summed E-state index contributed by atoms with van der Waals surface area (Å²) in [7, 11) is 3.31.